The fraction of sp³-hybridized carbons (Fsp3) is 1.00. The van der Waals surface area contributed by atoms with Crippen LogP contribution >= 0.6 is 0 Å². The quantitative estimate of drug-likeness (QED) is 0.785. The molecule has 2 fully saturated rings. The van der Waals surface area contributed by atoms with Gasteiger partial charge in [0, 0.05) is 11.6 Å². The average Bonchev–Trinajstić information content (AvgIpc) is 2.92. The smallest absolute Gasteiger partial charge is 0.0308 e. The highest BCUT2D eigenvalue weighted by Gasteiger charge is 2.42. The van der Waals surface area contributed by atoms with Gasteiger partial charge in [0.15, 0.2) is 0 Å². The van der Waals surface area contributed by atoms with Crippen LogP contribution in [-0.4, -0.2) is 36.1 Å². The fourth-order valence-electron chi connectivity index (χ4n) is 5.06. The Balaban J connectivity index is 2.12. The molecular weight excluding hydrogens is 256 g/mol. The number of nitrogens with one attached hydrogen (secondary N) is 1. The van der Waals surface area contributed by atoms with E-state index >= 15 is 0 Å². The molecule has 1 saturated carbocycles. The molecule has 1 saturated heterocycles. The Morgan fingerprint density at radius 3 is 2.14 bits per heavy atom. The Morgan fingerprint density at radius 1 is 1.05 bits per heavy atom. The molecule has 2 nitrogen and oxygen atoms in total. The van der Waals surface area contributed by atoms with Gasteiger partial charge in [-0.3, -0.25) is 4.90 Å². The zero-order chi connectivity index (χ0) is 15.5. The largest absolute Gasteiger partial charge is 0.312 e. The predicted octanol–water partition coefficient (Wildman–Crippen LogP) is 4.30. The van der Waals surface area contributed by atoms with Crippen LogP contribution < -0.4 is 5.32 Å². The second kappa shape index (κ2) is 7.46. The van der Waals surface area contributed by atoms with Crippen molar-refractivity contribution < 1.29 is 0 Å². The topological polar surface area (TPSA) is 15.3 Å². The summed E-state index contributed by atoms with van der Waals surface area (Å²) in [5.74, 6) is 2.66. The van der Waals surface area contributed by atoms with Gasteiger partial charge in [0.1, 0.15) is 0 Å². The summed E-state index contributed by atoms with van der Waals surface area (Å²) in [6.45, 7) is 16.0. The number of hydrogen-bond donors (Lipinski definition) is 1. The molecule has 0 aromatic rings. The summed E-state index contributed by atoms with van der Waals surface area (Å²) >= 11 is 0. The summed E-state index contributed by atoms with van der Waals surface area (Å²) in [4.78, 5) is 2.75. The molecule has 1 aliphatic carbocycles. The maximum Gasteiger partial charge on any atom is 0.0308 e. The second-order valence-corrected chi connectivity index (χ2v) is 8.46. The van der Waals surface area contributed by atoms with Gasteiger partial charge in [0.25, 0.3) is 0 Å². The van der Waals surface area contributed by atoms with Crippen LogP contribution in [0.15, 0.2) is 0 Å². The van der Waals surface area contributed by atoms with Crippen molar-refractivity contribution in [2.24, 2.45) is 17.8 Å². The van der Waals surface area contributed by atoms with Crippen LogP contribution in [0.4, 0.5) is 0 Å². The van der Waals surface area contributed by atoms with E-state index < -0.39 is 0 Å². The first-order valence-corrected chi connectivity index (χ1v) is 9.43. The molecule has 124 valence electrons. The maximum absolute atomic E-state index is 3.96. The minimum atomic E-state index is 0.299. The molecule has 0 aromatic heterocycles. The van der Waals surface area contributed by atoms with E-state index in [4.69, 9.17) is 0 Å². The summed E-state index contributed by atoms with van der Waals surface area (Å²) in [6, 6.07) is 0.653. The van der Waals surface area contributed by atoms with E-state index in [0.717, 1.165) is 17.8 Å². The first-order valence-electron chi connectivity index (χ1n) is 9.43. The molecule has 1 N–H and O–H groups in total. The summed E-state index contributed by atoms with van der Waals surface area (Å²) in [7, 11) is 0. The molecule has 2 rings (SSSR count). The summed E-state index contributed by atoms with van der Waals surface area (Å²) in [6.07, 6.45) is 8.29. The van der Waals surface area contributed by atoms with Gasteiger partial charge in [-0.25, -0.2) is 0 Å². The minimum absolute atomic E-state index is 0.299. The summed E-state index contributed by atoms with van der Waals surface area (Å²) in [5.41, 5.74) is 0.299. The lowest BCUT2D eigenvalue weighted by atomic mass is 9.69. The minimum Gasteiger partial charge on any atom is -0.312 e. The molecule has 3 atom stereocenters. The third kappa shape index (κ3) is 4.22. The van der Waals surface area contributed by atoms with Crippen molar-refractivity contribution in [3.05, 3.63) is 0 Å². The molecule has 0 radical (unpaired) electrons. The highest BCUT2D eigenvalue weighted by atomic mass is 15.2. The van der Waals surface area contributed by atoms with Crippen LogP contribution in [0.3, 0.4) is 0 Å². The van der Waals surface area contributed by atoms with Gasteiger partial charge in [-0.05, 0) is 89.8 Å². The number of likely N-dealkylation sites (tertiary alicyclic amines) is 1. The lowest BCUT2D eigenvalue weighted by Crippen LogP contribution is -2.60. The zero-order valence-corrected chi connectivity index (χ0v) is 15.1. The normalized spacial score (nSPS) is 33.3. The van der Waals surface area contributed by atoms with Crippen molar-refractivity contribution in [3.8, 4) is 0 Å². The van der Waals surface area contributed by atoms with Crippen molar-refractivity contribution >= 4 is 0 Å². The lowest BCUT2D eigenvalue weighted by Gasteiger charge is -2.48. The SMILES string of the molecule is CCCNC(C1CC(C)CC(C)C1)C(C)(C)N1CCCC1. The van der Waals surface area contributed by atoms with E-state index in [1.54, 1.807) is 0 Å². The van der Waals surface area contributed by atoms with E-state index in [0.29, 0.717) is 11.6 Å². The van der Waals surface area contributed by atoms with Crippen LogP contribution in [0.1, 0.15) is 73.1 Å². The van der Waals surface area contributed by atoms with Gasteiger partial charge in [-0.15, -0.1) is 0 Å². The van der Waals surface area contributed by atoms with Crippen molar-refractivity contribution in [2.75, 3.05) is 19.6 Å². The van der Waals surface area contributed by atoms with Crippen molar-refractivity contribution in [1.82, 2.24) is 10.2 Å². The van der Waals surface area contributed by atoms with Crippen LogP contribution in [0.2, 0.25) is 0 Å². The van der Waals surface area contributed by atoms with Crippen LogP contribution in [0.25, 0.3) is 0 Å². The number of rotatable bonds is 6. The van der Waals surface area contributed by atoms with Gasteiger partial charge in [-0.1, -0.05) is 20.8 Å². The second-order valence-electron chi connectivity index (χ2n) is 8.46. The van der Waals surface area contributed by atoms with Gasteiger partial charge in [0.05, 0.1) is 0 Å². The predicted molar refractivity (Wildman–Crippen MR) is 92.6 cm³/mol. The third-order valence-corrected chi connectivity index (χ3v) is 5.98. The van der Waals surface area contributed by atoms with Crippen molar-refractivity contribution in [3.63, 3.8) is 0 Å². The molecule has 0 spiro atoms. The Kier molecular flexibility index (Phi) is 6.14. The Bertz CT molecular complexity index is 297. The van der Waals surface area contributed by atoms with Gasteiger partial charge in [-0.2, -0.15) is 0 Å². The van der Waals surface area contributed by atoms with Gasteiger partial charge in [0.2, 0.25) is 0 Å². The third-order valence-electron chi connectivity index (χ3n) is 5.98. The van der Waals surface area contributed by atoms with Gasteiger partial charge >= 0.3 is 0 Å². The first-order chi connectivity index (χ1) is 9.95. The Hall–Kier alpha value is -0.0800. The molecule has 0 aromatic carbocycles. The number of hydrogen-bond acceptors (Lipinski definition) is 2. The van der Waals surface area contributed by atoms with E-state index in [2.05, 4.69) is 44.8 Å². The number of nitrogens with zero attached hydrogens (tertiary/aromatic N) is 1. The highest BCUT2D eigenvalue weighted by molar-refractivity contribution is 5.00. The van der Waals surface area contributed by atoms with Crippen LogP contribution in [0, 0.1) is 17.8 Å². The van der Waals surface area contributed by atoms with E-state index in [1.165, 1.54) is 58.2 Å². The molecule has 0 bridgehead atoms. The molecule has 1 aliphatic heterocycles. The van der Waals surface area contributed by atoms with Crippen molar-refractivity contribution in [2.45, 2.75) is 84.7 Å². The van der Waals surface area contributed by atoms with E-state index in [-0.39, 0.29) is 0 Å². The first kappa shape index (κ1) is 17.3. The average molecular weight is 295 g/mol. The molecule has 1 heterocycles. The molecule has 3 unspecified atom stereocenters. The van der Waals surface area contributed by atoms with Crippen LogP contribution in [-0.2, 0) is 0 Å². The lowest BCUT2D eigenvalue weighted by molar-refractivity contribution is 0.0491. The molecule has 2 aliphatic rings. The molecule has 0 amide bonds. The Morgan fingerprint density at radius 2 is 1.62 bits per heavy atom. The van der Waals surface area contributed by atoms with E-state index in [9.17, 15) is 0 Å². The van der Waals surface area contributed by atoms with Gasteiger partial charge < -0.3 is 5.32 Å². The summed E-state index contributed by atoms with van der Waals surface area (Å²) < 4.78 is 0. The molecular formula is C19H38N2. The molecule has 21 heavy (non-hydrogen) atoms. The van der Waals surface area contributed by atoms with E-state index in [1.807, 2.05) is 0 Å². The summed E-state index contributed by atoms with van der Waals surface area (Å²) in [5, 5.41) is 3.96. The molecule has 2 heteroatoms. The zero-order valence-electron chi connectivity index (χ0n) is 15.1. The fourth-order valence-corrected chi connectivity index (χ4v) is 5.06. The highest BCUT2D eigenvalue weighted by Crippen LogP contribution is 2.39. The maximum atomic E-state index is 3.96. The standard InChI is InChI=1S/C19H38N2/c1-6-9-20-18(17-13-15(2)12-16(3)14-17)19(4,5)21-10-7-8-11-21/h15-18,20H,6-14H2,1-5H3. The van der Waals surface area contributed by atoms with Crippen molar-refractivity contribution in [1.29, 1.82) is 0 Å². The van der Waals surface area contributed by atoms with Crippen LogP contribution in [0.5, 0.6) is 0 Å². The Labute approximate surface area is 133 Å². The monoisotopic (exact) mass is 294 g/mol.